The Morgan fingerprint density at radius 2 is 1.92 bits per heavy atom. The molecule has 0 amide bonds. The highest BCUT2D eigenvalue weighted by atomic mass is 16.5. The van der Waals surface area contributed by atoms with Gasteiger partial charge in [0, 0.05) is 37.3 Å². The van der Waals surface area contributed by atoms with Gasteiger partial charge in [-0.3, -0.25) is 0 Å². The third-order valence-electron chi connectivity index (χ3n) is 4.83. The Morgan fingerprint density at radius 1 is 1.12 bits per heavy atom. The van der Waals surface area contributed by atoms with Gasteiger partial charge in [0.15, 0.2) is 0 Å². The van der Waals surface area contributed by atoms with Crippen LogP contribution >= 0.6 is 0 Å². The summed E-state index contributed by atoms with van der Waals surface area (Å²) in [6, 6.07) is 15.7. The molecule has 0 spiro atoms. The lowest BCUT2D eigenvalue weighted by Gasteiger charge is -2.38. The van der Waals surface area contributed by atoms with Crippen molar-refractivity contribution in [1.29, 1.82) is 0 Å². The Morgan fingerprint density at radius 3 is 2.67 bits per heavy atom. The number of para-hydroxylation sites is 1. The summed E-state index contributed by atoms with van der Waals surface area (Å²) in [5.41, 5.74) is 2.35. The van der Waals surface area contributed by atoms with Crippen LogP contribution in [0.2, 0.25) is 0 Å². The number of hydrogen-bond acceptors (Lipinski definition) is 4. The van der Waals surface area contributed by atoms with Crippen LogP contribution in [-0.4, -0.2) is 32.0 Å². The van der Waals surface area contributed by atoms with E-state index >= 15 is 0 Å². The van der Waals surface area contributed by atoms with Gasteiger partial charge in [-0.2, -0.15) is 0 Å². The number of nitrogens with one attached hydrogen (secondary N) is 1. The molecule has 24 heavy (non-hydrogen) atoms. The predicted molar refractivity (Wildman–Crippen MR) is 94.5 cm³/mol. The summed E-state index contributed by atoms with van der Waals surface area (Å²) in [5, 5.41) is 13.2. The molecule has 1 heterocycles. The number of aromatic hydroxyl groups is 1. The molecular formula is C20H25NO3. The van der Waals surface area contributed by atoms with Crippen LogP contribution in [0.5, 0.6) is 11.5 Å². The van der Waals surface area contributed by atoms with Crippen LogP contribution in [0, 0.1) is 0 Å². The standard InChI is InChI=1S/C20H25NO3/c1-23-19-8-3-2-7-18(19)20(9-11-24-12-10-20)15-21-14-16-5-4-6-17(22)13-16/h2-8,13,21-22H,9-12,14-15H2,1H3. The summed E-state index contributed by atoms with van der Waals surface area (Å²) in [6.45, 7) is 3.12. The maximum atomic E-state index is 9.60. The zero-order chi connectivity index (χ0) is 16.8. The second-order valence-electron chi connectivity index (χ2n) is 6.37. The predicted octanol–water partition coefficient (Wildman–Crippen LogP) is 3.24. The van der Waals surface area contributed by atoms with Gasteiger partial charge >= 0.3 is 0 Å². The van der Waals surface area contributed by atoms with Crippen molar-refractivity contribution in [3.8, 4) is 11.5 Å². The van der Waals surface area contributed by atoms with Gasteiger partial charge < -0.3 is 19.9 Å². The molecule has 0 atom stereocenters. The quantitative estimate of drug-likeness (QED) is 0.855. The molecule has 0 aromatic heterocycles. The summed E-state index contributed by atoms with van der Waals surface area (Å²) in [7, 11) is 1.73. The third kappa shape index (κ3) is 3.71. The number of phenols is 1. The van der Waals surface area contributed by atoms with Crippen LogP contribution in [0.25, 0.3) is 0 Å². The highest BCUT2D eigenvalue weighted by Crippen LogP contribution is 2.39. The van der Waals surface area contributed by atoms with Crippen molar-refractivity contribution in [2.24, 2.45) is 0 Å². The van der Waals surface area contributed by atoms with Crippen molar-refractivity contribution in [2.45, 2.75) is 24.8 Å². The monoisotopic (exact) mass is 327 g/mol. The normalized spacial score (nSPS) is 16.7. The number of hydrogen-bond donors (Lipinski definition) is 2. The van der Waals surface area contributed by atoms with E-state index in [0.29, 0.717) is 5.75 Å². The first-order valence-electron chi connectivity index (χ1n) is 8.43. The maximum Gasteiger partial charge on any atom is 0.122 e. The van der Waals surface area contributed by atoms with Crippen molar-refractivity contribution < 1.29 is 14.6 Å². The van der Waals surface area contributed by atoms with Crippen molar-refractivity contribution in [2.75, 3.05) is 26.9 Å². The minimum absolute atomic E-state index is 0.0156. The van der Waals surface area contributed by atoms with E-state index in [4.69, 9.17) is 9.47 Å². The molecule has 1 aliphatic heterocycles. The highest BCUT2D eigenvalue weighted by Gasteiger charge is 2.36. The van der Waals surface area contributed by atoms with E-state index in [2.05, 4.69) is 17.4 Å². The van der Waals surface area contributed by atoms with Crippen LogP contribution in [-0.2, 0) is 16.7 Å². The van der Waals surface area contributed by atoms with Gasteiger partial charge in [-0.1, -0.05) is 30.3 Å². The molecule has 0 saturated carbocycles. The van der Waals surface area contributed by atoms with Crippen LogP contribution in [0.4, 0.5) is 0 Å². The fourth-order valence-electron chi connectivity index (χ4n) is 3.50. The van der Waals surface area contributed by atoms with Crippen LogP contribution < -0.4 is 10.1 Å². The molecule has 2 aromatic rings. The summed E-state index contributed by atoms with van der Waals surface area (Å²) < 4.78 is 11.2. The van der Waals surface area contributed by atoms with Gasteiger partial charge in [0.2, 0.25) is 0 Å². The fourth-order valence-corrected chi connectivity index (χ4v) is 3.50. The SMILES string of the molecule is COc1ccccc1C1(CNCc2cccc(O)c2)CCOCC1. The molecule has 0 bridgehead atoms. The Hall–Kier alpha value is -2.04. The summed E-state index contributed by atoms with van der Waals surface area (Å²) >= 11 is 0. The summed E-state index contributed by atoms with van der Waals surface area (Å²) in [5.74, 6) is 1.25. The number of benzene rings is 2. The van der Waals surface area contributed by atoms with E-state index < -0.39 is 0 Å². The van der Waals surface area contributed by atoms with Gasteiger partial charge in [0.1, 0.15) is 11.5 Å². The van der Waals surface area contributed by atoms with Gasteiger partial charge in [-0.05, 0) is 36.6 Å². The van der Waals surface area contributed by atoms with E-state index in [1.807, 2.05) is 24.3 Å². The van der Waals surface area contributed by atoms with Crippen molar-refractivity contribution in [1.82, 2.24) is 5.32 Å². The molecule has 0 aliphatic carbocycles. The number of methoxy groups -OCH3 is 1. The van der Waals surface area contributed by atoms with Crippen LogP contribution in [0.3, 0.4) is 0 Å². The Balaban J connectivity index is 1.76. The summed E-state index contributed by atoms with van der Waals surface area (Å²) in [6.07, 6.45) is 1.95. The second kappa shape index (κ2) is 7.69. The zero-order valence-electron chi connectivity index (χ0n) is 14.1. The third-order valence-corrected chi connectivity index (χ3v) is 4.83. The molecule has 1 aliphatic rings. The molecule has 0 unspecified atom stereocenters. The van der Waals surface area contributed by atoms with Gasteiger partial charge in [-0.25, -0.2) is 0 Å². The molecule has 2 aromatic carbocycles. The lowest BCUT2D eigenvalue weighted by molar-refractivity contribution is 0.0489. The summed E-state index contributed by atoms with van der Waals surface area (Å²) in [4.78, 5) is 0. The molecule has 0 radical (unpaired) electrons. The van der Waals surface area contributed by atoms with Gasteiger partial charge in [0.05, 0.1) is 7.11 Å². The zero-order valence-corrected chi connectivity index (χ0v) is 14.1. The molecule has 3 rings (SSSR count). The number of phenolic OH excluding ortho intramolecular Hbond substituents is 1. The maximum absolute atomic E-state index is 9.60. The first-order valence-corrected chi connectivity index (χ1v) is 8.43. The van der Waals surface area contributed by atoms with Gasteiger partial charge in [0.25, 0.3) is 0 Å². The topological polar surface area (TPSA) is 50.7 Å². The number of ether oxygens (including phenoxy) is 2. The second-order valence-corrected chi connectivity index (χ2v) is 6.37. The van der Waals surface area contributed by atoms with Gasteiger partial charge in [-0.15, -0.1) is 0 Å². The lowest BCUT2D eigenvalue weighted by atomic mass is 9.73. The molecule has 1 fully saturated rings. The Labute approximate surface area is 143 Å². The Kier molecular flexibility index (Phi) is 5.38. The van der Waals surface area contributed by atoms with E-state index in [-0.39, 0.29) is 5.41 Å². The minimum atomic E-state index is 0.0156. The first kappa shape index (κ1) is 16.8. The largest absolute Gasteiger partial charge is 0.508 e. The smallest absolute Gasteiger partial charge is 0.122 e. The molecule has 4 heteroatoms. The van der Waals surface area contributed by atoms with Crippen molar-refractivity contribution >= 4 is 0 Å². The van der Waals surface area contributed by atoms with E-state index in [9.17, 15) is 5.11 Å². The van der Waals surface area contributed by atoms with Crippen LogP contribution in [0.1, 0.15) is 24.0 Å². The molecule has 4 nitrogen and oxygen atoms in total. The van der Waals surface area contributed by atoms with Crippen molar-refractivity contribution in [3.05, 3.63) is 59.7 Å². The average Bonchev–Trinajstić information content (AvgIpc) is 2.62. The fraction of sp³-hybridized carbons (Fsp3) is 0.400. The highest BCUT2D eigenvalue weighted by molar-refractivity contribution is 5.40. The molecule has 1 saturated heterocycles. The molecular weight excluding hydrogens is 302 g/mol. The first-order chi connectivity index (χ1) is 11.7. The van der Waals surface area contributed by atoms with E-state index in [1.54, 1.807) is 19.2 Å². The minimum Gasteiger partial charge on any atom is -0.508 e. The average molecular weight is 327 g/mol. The molecule has 2 N–H and O–H groups in total. The lowest BCUT2D eigenvalue weighted by Crippen LogP contribution is -2.42. The molecule has 128 valence electrons. The van der Waals surface area contributed by atoms with Crippen LogP contribution in [0.15, 0.2) is 48.5 Å². The van der Waals surface area contributed by atoms with Crippen molar-refractivity contribution in [3.63, 3.8) is 0 Å². The Bertz CT molecular complexity index is 665. The van der Waals surface area contributed by atoms with E-state index in [0.717, 1.165) is 50.5 Å². The van der Waals surface area contributed by atoms with E-state index in [1.165, 1.54) is 5.56 Å². The number of rotatable bonds is 6.